The first-order valence-corrected chi connectivity index (χ1v) is 5.25. The van der Waals surface area contributed by atoms with Crippen LogP contribution in [0.15, 0.2) is 11.6 Å². The molecule has 0 radical (unpaired) electrons. The highest BCUT2D eigenvalue weighted by Gasteiger charge is 2.36. The van der Waals surface area contributed by atoms with Crippen LogP contribution in [0, 0.1) is 11.3 Å². The zero-order valence-electron chi connectivity index (χ0n) is 9.96. The average Bonchev–Trinajstić information content (AvgIpc) is 2.40. The molecule has 0 N–H and O–H groups in total. The van der Waals surface area contributed by atoms with E-state index in [2.05, 4.69) is 26.8 Å². The lowest BCUT2D eigenvalue weighted by molar-refractivity contribution is -0.118. The summed E-state index contributed by atoms with van der Waals surface area (Å²) in [5.41, 5.74) is 1.79. The molecule has 1 atom stereocenters. The fraction of sp³-hybridized carbons (Fsp3) is 0.833. The standard InChI is InChI=1S/C12H22O2/c1-9-6-7-10(12(9,2)3)8-11(13-4)14-5/h6,10-11H,7-8H2,1-5H3. The van der Waals surface area contributed by atoms with Gasteiger partial charge in [-0.15, -0.1) is 0 Å². The molecule has 0 amide bonds. The van der Waals surface area contributed by atoms with E-state index in [0.717, 1.165) is 12.8 Å². The number of hydrogen-bond acceptors (Lipinski definition) is 2. The van der Waals surface area contributed by atoms with Crippen molar-refractivity contribution < 1.29 is 9.47 Å². The van der Waals surface area contributed by atoms with Crippen molar-refractivity contribution in [3.05, 3.63) is 11.6 Å². The van der Waals surface area contributed by atoms with E-state index in [1.54, 1.807) is 14.2 Å². The van der Waals surface area contributed by atoms with Gasteiger partial charge in [-0.2, -0.15) is 0 Å². The molecule has 0 bridgehead atoms. The highest BCUT2D eigenvalue weighted by atomic mass is 16.7. The molecule has 2 heteroatoms. The van der Waals surface area contributed by atoms with Gasteiger partial charge in [-0.3, -0.25) is 0 Å². The minimum absolute atomic E-state index is 0.0569. The minimum atomic E-state index is -0.0569. The highest BCUT2D eigenvalue weighted by Crippen LogP contribution is 2.45. The molecule has 0 aliphatic heterocycles. The van der Waals surface area contributed by atoms with Crippen molar-refractivity contribution >= 4 is 0 Å². The summed E-state index contributed by atoms with van der Waals surface area (Å²) in [6.07, 6.45) is 4.42. The third-order valence-electron chi connectivity index (χ3n) is 3.75. The second-order valence-electron chi connectivity index (χ2n) is 4.68. The Balaban J connectivity index is 2.56. The Morgan fingerprint density at radius 2 is 2.00 bits per heavy atom. The van der Waals surface area contributed by atoms with Gasteiger partial charge in [0.2, 0.25) is 0 Å². The Hall–Kier alpha value is -0.340. The molecule has 2 nitrogen and oxygen atoms in total. The average molecular weight is 198 g/mol. The molecule has 0 aromatic carbocycles. The quantitative estimate of drug-likeness (QED) is 0.510. The maximum atomic E-state index is 5.24. The molecule has 0 saturated heterocycles. The Kier molecular flexibility index (Phi) is 3.73. The van der Waals surface area contributed by atoms with E-state index in [1.165, 1.54) is 5.57 Å². The largest absolute Gasteiger partial charge is 0.356 e. The van der Waals surface area contributed by atoms with E-state index < -0.39 is 0 Å². The van der Waals surface area contributed by atoms with Crippen molar-refractivity contribution in [3.8, 4) is 0 Å². The normalized spacial score (nSPS) is 25.6. The molecule has 0 aromatic heterocycles. The van der Waals surface area contributed by atoms with Crippen molar-refractivity contribution in [2.24, 2.45) is 11.3 Å². The van der Waals surface area contributed by atoms with E-state index in [0.29, 0.717) is 11.3 Å². The van der Waals surface area contributed by atoms with Crippen LogP contribution in [0.5, 0.6) is 0 Å². The molecule has 0 saturated carbocycles. The molecule has 1 rings (SSSR count). The SMILES string of the molecule is COC(CC1CC=C(C)C1(C)C)OC. The van der Waals surface area contributed by atoms with Crippen LogP contribution >= 0.6 is 0 Å². The Labute approximate surface area is 87.3 Å². The molecule has 0 aromatic rings. The molecule has 1 aliphatic rings. The van der Waals surface area contributed by atoms with Gasteiger partial charge < -0.3 is 9.47 Å². The van der Waals surface area contributed by atoms with Crippen molar-refractivity contribution in [1.29, 1.82) is 0 Å². The van der Waals surface area contributed by atoms with Gasteiger partial charge in [0.15, 0.2) is 6.29 Å². The lowest BCUT2D eigenvalue weighted by Crippen LogP contribution is -2.26. The van der Waals surface area contributed by atoms with E-state index >= 15 is 0 Å². The first-order chi connectivity index (χ1) is 6.52. The van der Waals surface area contributed by atoms with Crippen LogP contribution in [0.3, 0.4) is 0 Å². The molecule has 1 unspecified atom stereocenters. The van der Waals surface area contributed by atoms with E-state index in [-0.39, 0.29) is 6.29 Å². The minimum Gasteiger partial charge on any atom is -0.356 e. The van der Waals surface area contributed by atoms with Crippen molar-refractivity contribution in [2.45, 2.75) is 39.9 Å². The van der Waals surface area contributed by atoms with Gasteiger partial charge in [-0.1, -0.05) is 25.5 Å². The second kappa shape index (κ2) is 4.45. The van der Waals surface area contributed by atoms with Crippen molar-refractivity contribution in [1.82, 2.24) is 0 Å². The van der Waals surface area contributed by atoms with Crippen LogP contribution in [-0.2, 0) is 9.47 Å². The predicted molar refractivity (Wildman–Crippen MR) is 58.1 cm³/mol. The van der Waals surface area contributed by atoms with Gasteiger partial charge in [0.25, 0.3) is 0 Å². The van der Waals surface area contributed by atoms with Gasteiger partial charge in [0, 0.05) is 20.6 Å². The van der Waals surface area contributed by atoms with Gasteiger partial charge >= 0.3 is 0 Å². The summed E-state index contributed by atoms with van der Waals surface area (Å²) in [4.78, 5) is 0. The van der Waals surface area contributed by atoms with Crippen LogP contribution in [0.25, 0.3) is 0 Å². The van der Waals surface area contributed by atoms with Crippen molar-refractivity contribution in [2.75, 3.05) is 14.2 Å². The molecule has 82 valence electrons. The summed E-state index contributed by atoms with van der Waals surface area (Å²) in [6, 6.07) is 0. The lowest BCUT2D eigenvalue weighted by atomic mass is 9.76. The monoisotopic (exact) mass is 198 g/mol. The first kappa shape index (κ1) is 11.7. The summed E-state index contributed by atoms with van der Waals surface area (Å²) >= 11 is 0. The van der Waals surface area contributed by atoms with Gasteiger partial charge in [0.1, 0.15) is 0 Å². The molecule has 0 fully saturated rings. The van der Waals surface area contributed by atoms with Crippen molar-refractivity contribution in [3.63, 3.8) is 0 Å². The number of methoxy groups -OCH3 is 2. The zero-order valence-corrected chi connectivity index (χ0v) is 9.96. The summed E-state index contributed by atoms with van der Waals surface area (Å²) in [5.74, 6) is 0.646. The second-order valence-corrected chi connectivity index (χ2v) is 4.68. The van der Waals surface area contributed by atoms with Crippen LogP contribution in [0.2, 0.25) is 0 Å². The number of allylic oxidation sites excluding steroid dienone is 2. The maximum Gasteiger partial charge on any atom is 0.157 e. The van der Waals surface area contributed by atoms with Crippen LogP contribution in [-0.4, -0.2) is 20.5 Å². The van der Waals surface area contributed by atoms with Gasteiger partial charge in [0.05, 0.1) is 0 Å². The summed E-state index contributed by atoms with van der Waals surface area (Å²) in [5, 5.41) is 0. The fourth-order valence-electron chi connectivity index (χ4n) is 2.11. The molecule has 0 heterocycles. The van der Waals surface area contributed by atoms with E-state index in [9.17, 15) is 0 Å². The topological polar surface area (TPSA) is 18.5 Å². The Morgan fingerprint density at radius 1 is 1.43 bits per heavy atom. The highest BCUT2D eigenvalue weighted by molar-refractivity contribution is 5.18. The molecule has 0 spiro atoms. The fourth-order valence-corrected chi connectivity index (χ4v) is 2.11. The van der Waals surface area contributed by atoms with Gasteiger partial charge in [-0.05, 0) is 24.7 Å². The molecular formula is C12H22O2. The van der Waals surface area contributed by atoms with Crippen LogP contribution in [0.4, 0.5) is 0 Å². The molecule has 14 heavy (non-hydrogen) atoms. The predicted octanol–water partition coefficient (Wildman–Crippen LogP) is 2.99. The summed E-state index contributed by atoms with van der Waals surface area (Å²) in [7, 11) is 3.41. The molecular weight excluding hydrogens is 176 g/mol. The Bertz CT molecular complexity index is 214. The van der Waals surface area contributed by atoms with Crippen LogP contribution < -0.4 is 0 Å². The molecule has 1 aliphatic carbocycles. The van der Waals surface area contributed by atoms with E-state index in [1.807, 2.05) is 0 Å². The van der Waals surface area contributed by atoms with Crippen LogP contribution in [0.1, 0.15) is 33.6 Å². The summed E-state index contributed by atoms with van der Waals surface area (Å²) in [6.45, 7) is 6.83. The number of rotatable bonds is 4. The number of hydrogen-bond donors (Lipinski definition) is 0. The lowest BCUT2D eigenvalue weighted by Gasteiger charge is -2.31. The van der Waals surface area contributed by atoms with Gasteiger partial charge in [-0.25, -0.2) is 0 Å². The third kappa shape index (κ3) is 2.18. The number of ether oxygens (including phenoxy) is 2. The smallest absolute Gasteiger partial charge is 0.157 e. The maximum absolute atomic E-state index is 5.24. The summed E-state index contributed by atoms with van der Waals surface area (Å²) < 4.78 is 10.5. The third-order valence-corrected chi connectivity index (χ3v) is 3.75. The first-order valence-electron chi connectivity index (χ1n) is 5.25. The van der Waals surface area contributed by atoms with E-state index in [4.69, 9.17) is 9.47 Å². The Morgan fingerprint density at radius 3 is 2.36 bits per heavy atom. The zero-order chi connectivity index (χ0) is 10.8.